The van der Waals surface area contributed by atoms with Crippen molar-refractivity contribution in [1.82, 2.24) is 14.7 Å². The molecule has 0 spiro atoms. The minimum atomic E-state index is 0.599. The molecule has 1 aliphatic rings. The van der Waals surface area contributed by atoms with Gasteiger partial charge in [0.25, 0.3) is 0 Å². The zero-order valence-corrected chi connectivity index (χ0v) is 9.26. The van der Waals surface area contributed by atoms with Gasteiger partial charge in [-0.2, -0.15) is 4.37 Å². The fourth-order valence-electron chi connectivity index (χ4n) is 1.99. The highest BCUT2D eigenvalue weighted by atomic mass is 32.1. The number of hydrogen-bond donors (Lipinski definition) is 1. The van der Waals surface area contributed by atoms with Gasteiger partial charge in [-0.05, 0) is 26.3 Å². The van der Waals surface area contributed by atoms with Crippen LogP contribution in [0.3, 0.4) is 0 Å². The lowest BCUT2D eigenvalue weighted by atomic mass is 10.0. The molecule has 2 heterocycles. The van der Waals surface area contributed by atoms with Gasteiger partial charge in [-0.3, -0.25) is 0 Å². The van der Waals surface area contributed by atoms with Crippen LogP contribution >= 0.6 is 11.5 Å². The van der Waals surface area contributed by atoms with E-state index in [-0.39, 0.29) is 0 Å². The summed E-state index contributed by atoms with van der Waals surface area (Å²) in [6.07, 6.45) is 5.52. The SMILES string of the molecule is CNCC1CCCCN1c1ncns1. The Morgan fingerprint density at radius 2 is 2.57 bits per heavy atom. The van der Waals surface area contributed by atoms with Gasteiger partial charge in [-0.15, -0.1) is 0 Å². The predicted octanol–water partition coefficient (Wildman–Crippen LogP) is 1.12. The third kappa shape index (κ3) is 2.04. The molecule has 0 bridgehead atoms. The molecule has 1 unspecified atom stereocenters. The van der Waals surface area contributed by atoms with Crippen LogP contribution in [-0.4, -0.2) is 35.5 Å². The van der Waals surface area contributed by atoms with Crippen LogP contribution in [0.25, 0.3) is 0 Å². The maximum atomic E-state index is 4.28. The largest absolute Gasteiger partial charge is 0.343 e. The van der Waals surface area contributed by atoms with Crippen molar-refractivity contribution < 1.29 is 0 Å². The van der Waals surface area contributed by atoms with Crippen LogP contribution in [-0.2, 0) is 0 Å². The Balaban J connectivity index is 2.06. The van der Waals surface area contributed by atoms with E-state index >= 15 is 0 Å². The fraction of sp³-hybridized carbons (Fsp3) is 0.778. The maximum absolute atomic E-state index is 4.28. The summed E-state index contributed by atoms with van der Waals surface area (Å²) in [5, 5.41) is 4.32. The molecule has 1 fully saturated rings. The molecular formula is C9H16N4S. The third-order valence-corrected chi connectivity index (χ3v) is 3.37. The van der Waals surface area contributed by atoms with Crippen molar-refractivity contribution in [1.29, 1.82) is 0 Å². The monoisotopic (exact) mass is 212 g/mol. The Bertz CT molecular complexity index is 260. The molecule has 0 aromatic carbocycles. The molecule has 1 atom stereocenters. The fourth-order valence-corrected chi connectivity index (χ4v) is 2.62. The molecule has 78 valence electrons. The van der Waals surface area contributed by atoms with Gasteiger partial charge < -0.3 is 10.2 Å². The molecule has 0 saturated carbocycles. The maximum Gasteiger partial charge on any atom is 0.205 e. The molecule has 1 aliphatic heterocycles. The average molecular weight is 212 g/mol. The van der Waals surface area contributed by atoms with Crippen molar-refractivity contribution in [3.05, 3.63) is 6.33 Å². The van der Waals surface area contributed by atoms with Crippen LogP contribution in [0.5, 0.6) is 0 Å². The summed E-state index contributed by atoms with van der Waals surface area (Å²) in [5.41, 5.74) is 0. The molecule has 1 aromatic rings. The number of likely N-dealkylation sites (N-methyl/N-ethyl adjacent to an activating group) is 1. The molecule has 1 saturated heterocycles. The molecule has 1 aromatic heterocycles. The number of anilines is 1. The minimum absolute atomic E-state index is 0.599. The second-order valence-corrected chi connectivity index (χ2v) is 4.38. The van der Waals surface area contributed by atoms with Crippen molar-refractivity contribution in [2.45, 2.75) is 25.3 Å². The summed E-state index contributed by atoms with van der Waals surface area (Å²) < 4.78 is 4.06. The standard InChI is InChI=1S/C9H16N4S/c1-10-6-8-4-2-3-5-13(8)9-11-7-12-14-9/h7-8,10H,2-6H2,1H3. The van der Waals surface area contributed by atoms with Gasteiger partial charge in [0.2, 0.25) is 5.13 Å². The zero-order valence-electron chi connectivity index (χ0n) is 8.44. The van der Waals surface area contributed by atoms with E-state index in [0.29, 0.717) is 6.04 Å². The van der Waals surface area contributed by atoms with Crippen LogP contribution in [0.1, 0.15) is 19.3 Å². The molecule has 5 heteroatoms. The van der Waals surface area contributed by atoms with Crippen LogP contribution in [0, 0.1) is 0 Å². The van der Waals surface area contributed by atoms with E-state index in [4.69, 9.17) is 0 Å². The summed E-state index contributed by atoms with van der Waals surface area (Å²) in [7, 11) is 2.01. The lowest BCUT2D eigenvalue weighted by Gasteiger charge is -2.35. The molecule has 0 aliphatic carbocycles. The summed E-state index contributed by atoms with van der Waals surface area (Å²) in [4.78, 5) is 6.66. The van der Waals surface area contributed by atoms with Gasteiger partial charge in [0.05, 0.1) is 0 Å². The van der Waals surface area contributed by atoms with Crippen LogP contribution in [0.2, 0.25) is 0 Å². The average Bonchev–Trinajstić information content (AvgIpc) is 2.72. The summed E-state index contributed by atoms with van der Waals surface area (Å²) in [5.74, 6) is 0. The second kappa shape index (κ2) is 4.70. The van der Waals surface area contributed by atoms with E-state index in [0.717, 1.165) is 18.2 Å². The molecular weight excluding hydrogens is 196 g/mol. The number of hydrogen-bond acceptors (Lipinski definition) is 5. The highest BCUT2D eigenvalue weighted by molar-refractivity contribution is 7.09. The highest BCUT2D eigenvalue weighted by Gasteiger charge is 2.23. The van der Waals surface area contributed by atoms with E-state index in [2.05, 4.69) is 19.6 Å². The van der Waals surface area contributed by atoms with E-state index in [1.807, 2.05) is 7.05 Å². The van der Waals surface area contributed by atoms with Crippen LogP contribution < -0.4 is 10.2 Å². The Morgan fingerprint density at radius 1 is 1.64 bits per heavy atom. The van der Waals surface area contributed by atoms with Crippen LogP contribution in [0.15, 0.2) is 6.33 Å². The van der Waals surface area contributed by atoms with Crippen LogP contribution in [0.4, 0.5) is 5.13 Å². The zero-order chi connectivity index (χ0) is 9.80. The van der Waals surface area contributed by atoms with Gasteiger partial charge in [-0.25, -0.2) is 4.98 Å². The Kier molecular flexibility index (Phi) is 3.31. The first kappa shape index (κ1) is 9.86. The van der Waals surface area contributed by atoms with Crippen molar-refractivity contribution in [3.8, 4) is 0 Å². The summed E-state index contributed by atoms with van der Waals surface area (Å²) in [6.45, 7) is 2.17. The number of piperidine rings is 1. The quantitative estimate of drug-likeness (QED) is 0.815. The second-order valence-electron chi connectivity index (χ2n) is 3.62. The lowest BCUT2D eigenvalue weighted by Crippen LogP contribution is -2.44. The van der Waals surface area contributed by atoms with E-state index in [1.54, 1.807) is 6.33 Å². The number of nitrogens with one attached hydrogen (secondary N) is 1. The van der Waals surface area contributed by atoms with Gasteiger partial charge >= 0.3 is 0 Å². The lowest BCUT2D eigenvalue weighted by molar-refractivity contribution is 0.446. The number of nitrogens with zero attached hydrogens (tertiary/aromatic N) is 3. The molecule has 2 rings (SSSR count). The van der Waals surface area contributed by atoms with E-state index in [9.17, 15) is 0 Å². The van der Waals surface area contributed by atoms with Gasteiger partial charge in [0, 0.05) is 30.7 Å². The van der Waals surface area contributed by atoms with Gasteiger partial charge in [0.15, 0.2) is 0 Å². The predicted molar refractivity (Wildman–Crippen MR) is 58.8 cm³/mol. The number of aromatic nitrogens is 2. The Hall–Kier alpha value is -0.680. The van der Waals surface area contributed by atoms with Crippen molar-refractivity contribution in [2.24, 2.45) is 0 Å². The van der Waals surface area contributed by atoms with Gasteiger partial charge in [-0.1, -0.05) is 0 Å². The Morgan fingerprint density at radius 3 is 3.29 bits per heavy atom. The molecule has 4 nitrogen and oxygen atoms in total. The summed E-state index contributed by atoms with van der Waals surface area (Å²) >= 11 is 1.50. The normalized spacial score (nSPS) is 22.6. The van der Waals surface area contributed by atoms with E-state index in [1.165, 1.54) is 30.8 Å². The highest BCUT2D eigenvalue weighted by Crippen LogP contribution is 2.24. The number of rotatable bonds is 3. The van der Waals surface area contributed by atoms with Crippen molar-refractivity contribution in [3.63, 3.8) is 0 Å². The minimum Gasteiger partial charge on any atom is -0.343 e. The third-order valence-electron chi connectivity index (χ3n) is 2.66. The molecule has 0 amide bonds. The van der Waals surface area contributed by atoms with Gasteiger partial charge in [0.1, 0.15) is 6.33 Å². The molecule has 14 heavy (non-hydrogen) atoms. The van der Waals surface area contributed by atoms with E-state index < -0.39 is 0 Å². The first-order valence-electron chi connectivity index (χ1n) is 5.09. The van der Waals surface area contributed by atoms with Crippen molar-refractivity contribution >= 4 is 16.7 Å². The van der Waals surface area contributed by atoms with Crippen molar-refractivity contribution in [2.75, 3.05) is 25.0 Å². The molecule has 0 radical (unpaired) electrons. The molecule has 1 N–H and O–H groups in total. The summed E-state index contributed by atoms with van der Waals surface area (Å²) in [6, 6.07) is 0.599. The first-order valence-corrected chi connectivity index (χ1v) is 5.87. The smallest absolute Gasteiger partial charge is 0.205 e. The topological polar surface area (TPSA) is 41.0 Å². The Labute approximate surface area is 88.5 Å². The first-order chi connectivity index (χ1) is 6.92.